The number of hydrogen-bond acceptors (Lipinski definition) is 4. The van der Waals surface area contributed by atoms with Crippen LogP contribution in [-0.4, -0.2) is 36.0 Å². The minimum atomic E-state index is -0.336. The number of non-ortho nitro benzene ring substituents is 1. The summed E-state index contributed by atoms with van der Waals surface area (Å²) in [5, 5.41) is 14.3. The van der Waals surface area contributed by atoms with E-state index in [1.54, 1.807) is 12.1 Å². The lowest BCUT2D eigenvalue weighted by atomic mass is 10.0. The Balaban J connectivity index is 1.71. The Kier molecular flexibility index (Phi) is 3.56. The van der Waals surface area contributed by atoms with Crippen LogP contribution in [0, 0.1) is 22.0 Å². The zero-order valence-corrected chi connectivity index (χ0v) is 12.1. The number of nitro groups is 1. The molecular weight excluding hydrogens is 310 g/mol. The minimum Gasteiger partial charge on any atom is -0.316 e. The molecule has 2 saturated heterocycles. The van der Waals surface area contributed by atoms with Gasteiger partial charge in [-0.2, -0.15) is 0 Å². The van der Waals surface area contributed by atoms with Crippen molar-refractivity contribution < 1.29 is 4.92 Å². The van der Waals surface area contributed by atoms with Gasteiger partial charge < -0.3 is 5.32 Å². The Morgan fingerprint density at radius 2 is 2.00 bits per heavy atom. The van der Waals surface area contributed by atoms with Crippen LogP contribution >= 0.6 is 15.9 Å². The van der Waals surface area contributed by atoms with Gasteiger partial charge in [0.25, 0.3) is 5.69 Å². The van der Waals surface area contributed by atoms with E-state index in [1.807, 2.05) is 6.07 Å². The molecule has 2 aliphatic heterocycles. The summed E-state index contributed by atoms with van der Waals surface area (Å²) < 4.78 is 0.776. The number of benzene rings is 1. The van der Waals surface area contributed by atoms with E-state index in [0.29, 0.717) is 0 Å². The molecule has 102 valence electrons. The molecule has 1 N–H and O–H groups in total. The van der Waals surface area contributed by atoms with Gasteiger partial charge in [0.2, 0.25) is 0 Å². The lowest BCUT2D eigenvalue weighted by Gasteiger charge is -2.17. The molecule has 19 heavy (non-hydrogen) atoms. The zero-order chi connectivity index (χ0) is 13.4. The molecule has 0 aromatic heterocycles. The first-order valence-corrected chi connectivity index (χ1v) is 7.28. The molecule has 2 aliphatic rings. The van der Waals surface area contributed by atoms with Crippen molar-refractivity contribution >= 4 is 21.6 Å². The summed E-state index contributed by atoms with van der Waals surface area (Å²) in [6, 6.07) is 5.20. The van der Waals surface area contributed by atoms with E-state index in [2.05, 4.69) is 26.1 Å². The molecule has 1 aromatic rings. The molecule has 3 rings (SSSR count). The first-order valence-electron chi connectivity index (χ1n) is 6.49. The highest BCUT2D eigenvalue weighted by atomic mass is 79.9. The Morgan fingerprint density at radius 3 is 2.63 bits per heavy atom. The molecule has 2 fully saturated rings. The smallest absolute Gasteiger partial charge is 0.270 e. The summed E-state index contributed by atoms with van der Waals surface area (Å²) in [5.41, 5.74) is 1.17. The van der Waals surface area contributed by atoms with Gasteiger partial charge in [0.05, 0.1) is 4.92 Å². The average Bonchev–Trinajstić information content (AvgIpc) is 2.88. The van der Waals surface area contributed by atoms with Gasteiger partial charge in [-0.1, -0.05) is 15.9 Å². The Morgan fingerprint density at radius 1 is 1.32 bits per heavy atom. The third-order valence-electron chi connectivity index (χ3n) is 4.02. The molecule has 0 saturated carbocycles. The highest BCUT2D eigenvalue weighted by Crippen LogP contribution is 2.29. The summed E-state index contributed by atoms with van der Waals surface area (Å²) in [6.45, 7) is 5.21. The predicted octanol–water partition coefficient (Wildman–Crippen LogP) is 2.01. The van der Waals surface area contributed by atoms with Crippen molar-refractivity contribution in [1.29, 1.82) is 0 Å². The van der Waals surface area contributed by atoms with E-state index < -0.39 is 0 Å². The van der Waals surface area contributed by atoms with E-state index in [-0.39, 0.29) is 10.6 Å². The fourth-order valence-electron chi connectivity index (χ4n) is 3.17. The maximum absolute atomic E-state index is 10.9. The van der Waals surface area contributed by atoms with Crippen LogP contribution in [0.25, 0.3) is 0 Å². The summed E-state index contributed by atoms with van der Waals surface area (Å²) >= 11 is 3.35. The van der Waals surface area contributed by atoms with Crippen molar-refractivity contribution in [3.05, 3.63) is 38.3 Å². The average molecular weight is 326 g/mol. The number of likely N-dealkylation sites (tertiary alicyclic amines) is 1. The van der Waals surface area contributed by atoms with Crippen LogP contribution in [0.3, 0.4) is 0 Å². The topological polar surface area (TPSA) is 58.4 Å². The SMILES string of the molecule is O=[N+]([O-])c1cc(Br)cc(CN2CC3CNCC3C2)c1. The Bertz CT molecular complexity index is 497. The zero-order valence-electron chi connectivity index (χ0n) is 10.5. The monoisotopic (exact) mass is 325 g/mol. The highest BCUT2D eigenvalue weighted by molar-refractivity contribution is 9.10. The van der Waals surface area contributed by atoms with E-state index in [9.17, 15) is 10.1 Å². The van der Waals surface area contributed by atoms with Crippen molar-refractivity contribution in [3.8, 4) is 0 Å². The standard InChI is InChI=1S/C13H16BrN3O2/c14-12-1-9(2-13(3-12)17(18)19)6-16-7-10-4-15-5-11(10)8-16/h1-3,10-11,15H,4-8H2. The normalized spacial score (nSPS) is 26.6. The molecule has 0 radical (unpaired) electrons. The number of halogens is 1. The van der Waals surface area contributed by atoms with Crippen LogP contribution in [0.15, 0.2) is 22.7 Å². The van der Waals surface area contributed by atoms with Gasteiger partial charge in [0.15, 0.2) is 0 Å². The molecule has 5 nitrogen and oxygen atoms in total. The summed E-state index contributed by atoms with van der Waals surface area (Å²) in [6.07, 6.45) is 0. The molecule has 2 heterocycles. The van der Waals surface area contributed by atoms with Crippen molar-refractivity contribution in [2.24, 2.45) is 11.8 Å². The van der Waals surface area contributed by atoms with Gasteiger partial charge in [-0.05, 0) is 36.6 Å². The van der Waals surface area contributed by atoms with Crippen molar-refractivity contribution in [2.75, 3.05) is 26.2 Å². The third kappa shape index (κ3) is 2.80. The van der Waals surface area contributed by atoms with Gasteiger partial charge in [-0.15, -0.1) is 0 Å². The Labute approximate surface area is 120 Å². The maximum Gasteiger partial charge on any atom is 0.270 e. The summed E-state index contributed by atoms with van der Waals surface area (Å²) in [7, 11) is 0. The number of rotatable bonds is 3. The molecule has 2 atom stereocenters. The van der Waals surface area contributed by atoms with Crippen LogP contribution in [0.4, 0.5) is 5.69 Å². The van der Waals surface area contributed by atoms with Crippen molar-refractivity contribution in [3.63, 3.8) is 0 Å². The molecule has 0 aliphatic carbocycles. The summed E-state index contributed by atoms with van der Waals surface area (Å²) in [5.74, 6) is 1.50. The largest absolute Gasteiger partial charge is 0.316 e. The second-order valence-electron chi connectivity index (χ2n) is 5.45. The van der Waals surface area contributed by atoms with Gasteiger partial charge in [0.1, 0.15) is 0 Å². The third-order valence-corrected chi connectivity index (χ3v) is 4.48. The lowest BCUT2D eigenvalue weighted by molar-refractivity contribution is -0.385. The minimum absolute atomic E-state index is 0.158. The van der Waals surface area contributed by atoms with Crippen LogP contribution in [0.1, 0.15) is 5.56 Å². The van der Waals surface area contributed by atoms with Crippen LogP contribution in [0.5, 0.6) is 0 Å². The van der Waals surface area contributed by atoms with Crippen LogP contribution in [-0.2, 0) is 6.54 Å². The number of nitrogens with one attached hydrogen (secondary N) is 1. The van der Waals surface area contributed by atoms with Gasteiger partial charge in [-0.25, -0.2) is 0 Å². The fraction of sp³-hybridized carbons (Fsp3) is 0.538. The van der Waals surface area contributed by atoms with Gasteiger partial charge in [0, 0.05) is 36.2 Å². The lowest BCUT2D eigenvalue weighted by Crippen LogP contribution is -2.25. The molecule has 0 bridgehead atoms. The van der Waals surface area contributed by atoms with E-state index in [1.165, 1.54) is 0 Å². The molecule has 0 spiro atoms. The van der Waals surface area contributed by atoms with E-state index in [4.69, 9.17) is 0 Å². The second kappa shape index (κ2) is 5.19. The van der Waals surface area contributed by atoms with Gasteiger partial charge in [-0.3, -0.25) is 15.0 Å². The van der Waals surface area contributed by atoms with E-state index in [0.717, 1.165) is 54.6 Å². The second-order valence-corrected chi connectivity index (χ2v) is 6.36. The highest BCUT2D eigenvalue weighted by Gasteiger charge is 2.35. The number of fused-ring (bicyclic) bond motifs is 1. The maximum atomic E-state index is 10.9. The molecular formula is C13H16BrN3O2. The first kappa shape index (κ1) is 13.0. The van der Waals surface area contributed by atoms with Crippen molar-refractivity contribution in [2.45, 2.75) is 6.54 Å². The predicted molar refractivity (Wildman–Crippen MR) is 75.9 cm³/mol. The number of nitro benzene ring substituents is 1. The Hall–Kier alpha value is -0.980. The molecule has 0 amide bonds. The van der Waals surface area contributed by atoms with E-state index >= 15 is 0 Å². The van der Waals surface area contributed by atoms with Crippen molar-refractivity contribution in [1.82, 2.24) is 10.2 Å². The molecule has 6 heteroatoms. The van der Waals surface area contributed by atoms with Crippen LogP contribution in [0.2, 0.25) is 0 Å². The molecule has 2 unspecified atom stereocenters. The van der Waals surface area contributed by atoms with Gasteiger partial charge >= 0.3 is 0 Å². The summed E-state index contributed by atoms with van der Waals surface area (Å²) in [4.78, 5) is 12.9. The fourth-order valence-corrected chi connectivity index (χ4v) is 3.70. The first-order chi connectivity index (χ1) is 9.11. The van der Waals surface area contributed by atoms with Crippen LogP contribution < -0.4 is 5.32 Å². The quantitative estimate of drug-likeness (QED) is 0.682. The number of hydrogen-bond donors (Lipinski definition) is 1. The molecule has 1 aromatic carbocycles. The number of nitrogens with zero attached hydrogens (tertiary/aromatic N) is 2.